The van der Waals surface area contributed by atoms with E-state index in [0.29, 0.717) is 24.5 Å². The number of hydrogen-bond acceptors (Lipinski definition) is 7. The van der Waals surface area contributed by atoms with E-state index < -0.39 is 51.1 Å². The lowest BCUT2D eigenvalue weighted by atomic mass is 9.56. The third-order valence-electron chi connectivity index (χ3n) is 9.80. The zero-order chi connectivity index (χ0) is 31.1. The Kier molecular flexibility index (Phi) is 7.33. The number of hydrogen-bond donors (Lipinski definition) is 1. The van der Waals surface area contributed by atoms with Crippen LogP contribution < -0.4 is 9.80 Å². The number of anilines is 2. The summed E-state index contributed by atoms with van der Waals surface area (Å²) in [6.07, 6.45) is 1.90. The molecule has 230 valence electrons. The molecule has 4 fully saturated rings. The van der Waals surface area contributed by atoms with Gasteiger partial charge in [0.15, 0.2) is 9.75 Å². The fraction of sp³-hybridized carbons (Fsp3) is 0.419. The maximum Gasteiger partial charge on any atom is 0.254 e. The molecule has 7 rings (SSSR count). The van der Waals surface area contributed by atoms with Crippen molar-refractivity contribution < 1.29 is 29.0 Å². The van der Waals surface area contributed by atoms with Crippen molar-refractivity contribution in [3.05, 3.63) is 64.7 Å². The third kappa shape index (κ3) is 4.07. The van der Waals surface area contributed by atoms with Gasteiger partial charge in [-0.3, -0.25) is 29.0 Å². The highest BCUT2D eigenvalue weighted by molar-refractivity contribution is 9.09. The molecule has 5 aliphatic rings. The summed E-state index contributed by atoms with van der Waals surface area (Å²) in [6, 6.07) is 11.7. The van der Waals surface area contributed by atoms with E-state index in [2.05, 4.69) is 20.8 Å². The van der Waals surface area contributed by atoms with Crippen LogP contribution in [0.2, 0.25) is 5.02 Å². The van der Waals surface area contributed by atoms with E-state index in [1.807, 2.05) is 18.2 Å². The molecule has 2 aromatic carbocycles. The summed E-state index contributed by atoms with van der Waals surface area (Å²) in [7, 11) is 0. The number of phenolic OH excluding ortho intramolecular Hbond substituents is 1. The first-order valence-corrected chi connectivity index (χ1v) is 16.6. The molecule has 0 spiro atoms. The summed E-state index contributed by atoms with van der Waals surface area (Å²) in [5.41, 5.74) is 2.09. The Bertz CT molecular complexity index is 1630. The quantitative estimate of drug-likeness (QED) is 0.209. The molecule has 3 heterocycles. The number of halogens is 4. The minimum absolute atomic E-state index is 0.136. The summed E-state index contributed by atoms with van der Waals surface area (Å²) in [6.45, 7) is 2.76. The third-order valence-corrected chi connectivity index (χ3v) is 11.9. The number of morpholine rings is 1. The monoisotopic (exact) mass is 721 g/mol. The van der Waals surface area contributed by atoms with Gasteiger partial charge in [0.05, 0.1) is 36.2 Å². The number of fused-ring (bicyclic) bond motifs is 4. The molecule has 44 heavy (non-hydrogen) atoms. The van der Waals surface area contributed by atoms with E-state index in [9.17, 15) is 24.3 Å². The molecule has 2 aromatic rings. The number of carbonyl (C=O) groups excluding carboxylic acids is 4. The van der Waals surface area contributed by atoms with Crippen LogP contribution in [0, 0.1) is 17.8 Å². The zero-order valence-electron chi connectivity index (χ0n) is 23.2. The van der Waals surface area contributed by atoms with Crippen molar-refractivity contribution in [1.82, 2.24) is 4.90 Å². The van der Waals surface area contributed by atoms with Gasteiger partial charge in [-0.25, -0.2) is 0 Å². The highest BCUT2D eigenvalue weighted by Gasteiger charge is 2.76. The Balaban J connectivity index is 1.30. The van der Waals surface area contributed by atoms with Gasteiger partial charge in [0, 0.05) is 35.3 Å². The summed E-state index contributed by atoms with van der Waals surface area (Å²) < 4.78 is 5.44. The first-order valence-electron chi connectivity index (χ1n) is 14.3. The summed E-state index contributed by atoms with van der Waals surface area (Å²) in [5, 5.41) is 11.3. The molecule has 0 aromatic heterocycles. The van der Waals surface area contributed by atoms with Crippen molar-refractivity contribution in [2.24, 2.45) is 17.8 Å². The molecule has 0 radical (unpaired) electrons. The number of likely N-dealkylation sites (tertiary alicyclic amines) is 1. The Hall–Kier alpha value is -2.63. The van der Waals surface area contributed by atoms with E-state index in [1.165, 1.54) is 23.1 Å². The second kappa shape index (κ2) is 10.7. The van der Waals surface area contributed by atoms with Crippen LogP contribution in [-0.4, -0.2) is 75.1 Å². The molecule has 2 aliphatic carbocycles. The second-order valence-electron chi connectivity index (χ2n) is 11.8. The maximum absolute atomic E-state index is 14.2. The number of alkyl halides is 3. The van der Waals surface area contributed by atoms with Gasteiger partial charge in [-0.1, -0.05) is 39.2 Å². The second-order valence-corrected chi connectivity index (χ2v) is 14.0. The Morgan fingerprint density at radius 1 is 0.932 bits per heavy atom. The van der Waals surface area contributed by atoms with Crippen LogP contribution >= 0.6 is 50.7 Å². The topological polar surface area (TPSA) is 107 Å². The molecule has 3 aliphatic heterocycles. The van der Waals surface area contributed by atoms with Crippen LogP contribution in [0.4, 0.5) is 11.4 Å². The Morgan fingerprint density at radius 2 is 1.61 bits per heavy atom. The minimum atomic E-state index is -2.02. The van der Waals surface area contributed by atoms with Crippen molar-refractivity contribution in [2.75, 3.05) is 41.6 Å². The molecule has 0 bridgehead atoms. The molecule has 9 nitrogen and oxygen atoms in total. The Labute approximate surface area is 276 Å². The first kappa shape index (κ1) is 30.0. The molecular weight excluding hydrogens is 697 g/mol. The number of phenols is 1. The lowest BCUT2D eigenvalue weighted by molar-refractivity contribution is -0.138. The largest absolute Gasteiger partial charge is 0.508 e. The summed E-state index contributed by atoms with van der Waals surface area (Å²) in [4.78, 5) is 56.1. The normalized spacial score (nSPS) is 33.4. The van der Waals surface area contributed by atoms with Gasteiger partial charge < -0.3 is 14.7 Å². The molecule has 6 unspecified atom stereocenters. The average molecular weight is 724 g/mol. The SMILES string of the molecule is O=C1C2CC=C3C(CC4(Cl)C(=O)N(CBr)C(=O)C4(Cl)C3c3cc(Cl)ccc3O)C2C(=O)N1c1ccc(N2CCOCC2)cc1. The average Bonchev–Trinajstić information content (AvgIpc) is 3.36. The van der Waals surface area contributed by atoms with Crippen LogP contribution in [0.3, 0.4) is 0 Å². The zero-order valence-corrected chi connectivity index (χ0v) is 27.1. The molecule has 1 saturated carbocycles. The fourth-order valence-corrected chi connectivity index (χ4v) is 9.34. The number of allylic oxidation sites excluding steroid dienone is 2. The number of carbonyl (C=O) groups is 4. The van der Waals surface area contributed by atoms with Crippen molar-refractivity contribution in [2.45, 2.75) is 28.5 Å². The highest BCUT2D eigenvalue weighted by Crippen LogP contribution is 2.66. The molecule has 13 heteroatoms. The number of imide groups is 2. The van der Waals surface area contributed by atoms with Crippen LogP contribution in [0.1, 0.15) is 24.3 Å². The number of rotatable bonds is 4. The summed E-state index contributed by atoms with van der Waals surface area (Å²) >= 11 is 24.0. The number of benzene rings is 2. The molecule has 1 N–H and O–H groups in total. The van der Waals surface area contributed by atoms with E-state index in [-0.39, 0.29) is 40.5 Å². The smallest absolute Gasteiger partial charge is 0.254 e. The first-order chi connectivity index (χ1) is 21.0. The van der Waals surface area contributed by atoms with Crippen molar-refractivity contribution >= 4 is 85.7 Å². The fourth-order valence-electron chi connectivity index (χ4n) is 7.74. The molecule has 4 amide bonds. The van der Waals surface area contributed by atoms with Crippen LogP contribution in [-0.2, 0) is 23.9 Å². The van der Waals surface area contributed by atoms with Gasteiger partial charge >= 0.3 is 0 Å². The maximum atomic E-state index is 14.2. The van der Waals surface area contributed by atoms with Crippen molar-refractivity contribution in [3.8, 4) is 5.75 Å². The lowest BCUT2D eigenvalue weighted by Gasteiger charge is -2.50. The van der Waals surface area contributed by atoms with Crippen molar-refractivity contribution in [3.63, 3.8) is 0 Å². The van der Waals surface area contributed by atoms with Crippen molar-refractivity contribution in [1.29, 1.82) is 0 Å². The van der Waals surface area contributed by atoms with E-state index >= 15 is 0 Å². The number of aromatic hydroxyl groups is 1. The van der Waals surface area contributed by atoms with Gasteiger partial charge in [0.25, 0.3) is 11.8 Å². The standard InChI is InChI=1S/C31H27BrCl3N3O6/c32-15-37-28(42)30(34)14-22-19(25(31(30,35)29(37)43)21-13-16(33)1-8-23(21)39)6-7-20-24(22)27(41)38(26(20)40)18-4-2-17(3-5-18)36-9-11-44-12-10-36/h1-6,8,13,20,22,24-25,39H,7,9-12,14-15H2. The predicted molar refractivity (Wildman–Crippen MR) is 168 cm³/mol. The van der Waals surface area contributed by atoms with Crippen LogP contribution in [0.15, 0.2) is 54.1 Å². The predicted octanol–water partition coefficient (Wildman–Crippen LogP) is 4.80. The van der Waals surface area contributed by atoms with Crippen LogP contribution in [0.5, 0.6) is 5.75 Å². The van der Waals surface area contributed by atoms with Gasteiger partial charge in [0.2, 0.25) is 11.8 Å². The van der Waals surface area contributed by atoms with Crippen LogP contribution in [0.25, 0.3) is 0 Å². The molecule has 3 saturated heterocycles. The highest BCUT2D eigenvalue weighted by atomic mass is 79.9. The number of amides is 4. The number of nitrogens with zero attached hydrogens (tertiary/aromatic N) is 3. The van der Waals surface area contributed by atoms with Gasteiger partial charge in [-0.2, -0.15) is 0 Å². The van der Waals surface area contributed by atoms with Gasteiger partial charge in [0.1, 0.15) is 5.75 Å². The minimum Gasteiger partial charge on any atom is -0.508 e. The van der Waals surface area contributed by atoms with Gasteiger partial charge in [-0.15, -0.1) is 23.2 Å². The number of ether oxygens (including phenoxy) is 1. The Morgan fingerprint density at radius 3 is 2.30 bits per heavy atom. The van der Waals surface area contributed by atoms with E-state index in [0.717, 1.165) is 23.7 Å². The molecular formula is C31H27BrCl3N3O6. The van der Waals surface area contributed by atoms with E-state index in [4.69, 9.17) is 39.5 Å². The molecule has 6 atom stereocenters. The van der Waals surface area contributed by atoms with E-state index in [1.54, 1.807) is 12.1 Å². The lowest BCUT2D eigenvalue weighted by Crippen LogP contribution is -2.60. The summed E-state index contributed by atoms with van der Waals surface area (Å²) in [5.74, 6) is -5.66. The van der Waals surface area contributed by atoms with Gasteiger partial charge in [-0.05, 0) is 61.2 Å².